The van der Waals surface area contributed by atoms with E-state index in [0.29, 0.717) is 5.75 Å². The molecular formula is C18H34O5S. The first-order valence-electron chi connectivity index (χ1n) is 9.28. The van der Waals surface area contributed by atoms with Crippen molar-refractivity contribution in [2.75, 3.05) is 18.6 Å². The van der Waals surface area contributed by atoms with Crippen molar-refractivity contribution in [1.29, 1.82) is 0 Å². The lowest BCUT2D eigenvalue weighted by Crippen LogP contribution is -2.39. The van der Waals surface area contributed by atoms with Crippen molar-refractivity contribution in [3.63, 3.8) is 0 Å². The fourth-order valence-electron chi connectivity index (χ4n) is 3.37. The molecule has 0 aliphatic carbocycles. The van der Waals surface area contributed by atoms with Crippen LogP contribution in [0.15, 0.2) is 0 Å². The Morgan fingerprint density at radius 1 is 1.08 bits per heavy atom. The van der Waals surface area contributed by atoms with Crippen LogP contribution in [0, 0.1) is 0 Å². The van der Waals surface area contributed by atoms with Crippen LogP contribution < -0.4 is 0 Å². The number of unbranched alkanes of at least 4 members (excludes halogenated alkanes) is 5. The molecule has 0 aromatic heterocycles. The Labute approximate surface area is 150 Å². The highest BCUT2D eigenvalue weighted by molar-refractivity contribution is 7.99. The van der Waals surface area contributed by atoms with Gasteiger partial charge in [0.15, 0.2) is 12.1 Å². The first kappa shape index (κ1) is 20.5. The fourth-order valence-corrected chi connectivity index (χ4v) is 4.38. The number of thioether (sulfide) groups is 1. The molecule has 0 saturated carbocycles. The van der Waals surface area contributed by atoms with Gasteiger partial charge < -0.3 is 24.1 Å². The summed E-state index contributed by atoms with van der Waals surface area (Å²) in [7, 11) is 1.60. The molecule has 0 bridgehead atoms. The Kier molecular flexibility index (Phi) is 8.30. The molecule has 0 radical (unpaired) electrons. The third-order valence-corrected chi connectivity index (χ3v) is 5.74. The highest BCUT2D eigenvalue weighted by Crippen LogP contribution is 2.40. The van der Waals surface area contributed by atoms with Gasteiger partial charge in [-0.3, -0.25) is 0 Å². The monoisotopic (exact) mass is 362 g/mol. The van der Waals surface area contributed by atoms with E-state index in [1.54, 1.807) is 18.9 Å². The molecule has 2 aliphatic rings. The van der Waals surface area contributed by atoms with Gasteiger partial charge in [0.25, 0.3) is 0 Å². The van der Waals surface area contributed by atoms with E-state index >= 15 is 0 Å². The Balaban J connectivity index is 1.67. The molecule has 2 aliphatic heterocycles. The average molecular weight is 363 g/mol. The van der Waals surface area contributed by atoms with E-state index in [2.05, 4.69) is 6.92 Å². The number of fused-ring (bicyclic) bond motifs is 1. The molecule has 2 saturated heterocycles. The first-order valence-corrected chi connectivity index (χ1v) is 10.4. The highest BCUT2D eigenvalue weighted by atomic mass is 32.2. The van der Waals surface area contributed by atoms with E-state index in [1.807, 2.05) is 13.8 Å². The SMILES string of the molecule is CCCCCCCCSC[C@@H](O)[C@H]1O[C@H](OC)[C@H]2OC(C)(C)O[C@H]21. The van der Waals surface area contributed by atoms with Crippen molar-refractivity contribution in [1.82, 2.24) is 0 Å². The molecule has 2 fully saturated rings. The van der Waals surface area contributed by atoms with Crippen LogP contribution in [-0.4, -0.2) is 60.2 Å². The molecule has 0 amide bonds. The molecule has 1 N–H and O–H groups in total. The van der Waals surface area contributed by atoms with Crippen LogP contribution in [0.3, 0.4) is 0 Å². The van der Waals surface area contributed by atoms with E-state index in [-0.39, 0.29) is 12.2 Å². The quantitative estimate of drug-likeness (QED) is 0.569. The number of ether oxygens (including phenoxy) is 4. The molecule has 5 nitrogen and oxygen atoms in total. The zero-order valence-electron chi connectivity index (χ0n) is 15.5. The van der Waals surface area contributed by atoms with Crippen molar-refractivity contribution < 1.29 is 24.1 Å². The van der Waals surface area contributed by atoms with Crippen molar-refractivity contribution in [2.24, 2.45) is 0 Å². The zero-order chi connectivity index (χ0) is 17.6. The van der Waals surface area contributed by atoms with Crippen LogP contribution in [0.25, 0.3) is 0 Å². The van der Waals surface area contributed by atoms with Crippen LogP contribution in [0.4, 0.5) is 0 Å². The molecule has 142 valence electrons. The predicted molar refractivity (Wildman–Crippen MR) is 96.2 cm³/mol. The summed E-state index contributed by atoms with van der Waals surface area (Å²) in [6, 6.07) is 0. The number of aliphatic hydroxyl groups excluding tert-OH is 1. The third-order valence-electron chi connectivity index (χ3n) is 4.59. The minimum absolute atomic E-state index is 0.269. The Hall–Kier alpha value is 0.150. The van der Waals surface area contributed by atoms with E-state index in [1.165, 1.54) is 38.5 Å². The lowest BCUT2D eigenvalue weighted by atomic mass is 10.1. The van der Waals surface area contributed by atoms with Crippen molar-refractivity contribution in [2.45, 2.75) is 95.8 Å². The minimum atomic E-state index is -0.653. The summed E-state index contributed by atoms with van der Waals surface area (Å²) in [5, 5.41) is 10.5. The van der Waals surface area contributed by atoms with Gasteiger partial charge in [0, 0.05) is 12.9 Å². The van der Waals surface area contributed by atoms with Gasteiger partial charge in [0.2, 0.25) is 0 Å². The molecule has 2 rings (SSSR count). The van der Waals surface area contributed by atoms with E-state index in [4.69, 9.17) is 18.9 Å². The summed E-state index contributed by atoms with van der Waals surface area (Å²) in [5.41, 5.74) is 0. The normalized spacial score (nSPS) is 32.9. The fraction of sp³-hybridized carbons (Fsp3) is 1.00. The molecule has 0 spiro atoms. The Morgan fingerprint density at radius 3 is 2.46 bits per heavy atom. The zero-order valence-corrected chi connectivity index (χ0v) is 16.3. The molecule has 6 heteroatoms. The van der Waals surface area contributed by atoms with E-state index < -0.39 is 24.3 Å². The summed E-state index contributed by atoms with van der Waals surface area (Å²) >= 11 is 1.79. The van der Waals surface area contributed by atoms with Crippen LogP contribution in [-0.2, 0) is 18.9 Å². The number of rotatable bonds is 11. The van der Waals surface area contributed by atoms with Gasteiger partial charge >= 0.3 is 0 Å². The van der Waals surface area contributed by atoms with Gasteiger partial charge in [-0.05, 0) is 26.0 Å². The van der Waals surface area contributed by atoms with Crippen LogP contribution in [0.1, 0.15) is 59.3 Å². The standard InChI is InChI=1S/C18H34O5S/c1-5-6-7-8-9-10-11-24-12-13(19)14-15-16(17(20-4)21-14)23-18(2,3)22-15/h13-17,19H,5-12H2,1-4H3/t13-,14-,15+,16+,17+/m1/s1. The van der Waals surface area contributed by atoms with Crippen molar-refractivity contribution in [3.8, 4) is 0 Å². The summed E-state index contributed by atoms with van der Waals surface area (Å²) < 4.78 is 22.9. The molecule has 24 heavy (non-hydrogen) atoms. The Morgan fingerprint density at radius 2 is 1.75 bits per heavy atom. The predicted octanol–water partition coefficient (Wildman–Crippen LogP) is 3.33. The first-order chi connectivity index (χ1) is 11.5. The third kappa shape index (κ3) is 5.58. The second kappa shape index (κ2) is 9.74. The number of hydrogen-bond acceptors (Lipinski definition) is 6. The average Bonchev–Trinajstić information content (AvgIpc) is 3.02. The lowest BCUT2D eigenvalue weighted by Gasteiger charge is -2.26. The van der Waals surface area contributed by atoms with Gasteiger partial charge in [0.1, 0.15) is 18.3 Å². The summed E-state index contributed by atoms with van der Waals surface area (Å²) in [5.74, 6) is 1.09. The summed E-state index contributed by atoms with van der Waals surface area (Å²) in [4.78, 5) is 0. The van der Waals surface area contributed by atoms with Gasteiger partial charge in [-0.25, -0.2) is 0 Å². The molecule has 0 unspecified atom stereocenters. The van der Waals surface area contributed by atoms with Gasteiger partial charge in [0.05, 0.1) is 6.10 Å². The topological polar surface area (TPSA) is 57.2 Å². The van der Waals surface area contributed by atoms with Crippen LogP contribution >= 0.6 is 11.8 Å². The molecule has 5 atom stereocenters. The van der Waals surface area contributed by atoms with Gasteiger partial charge in [-0.1, -0.05) is 39.0 Å². The highest BCUT2D eigenvalue weighted by Gasteiger charge is 2.57. The van der Waals surface area contributed by atoms with E-state index in [9.17, 15) is 5.11 Å². The molecule has 2 heterocycles. The van der Waals surface area contributed by atoms with Crippen LogP contribution in [0.5, 0.6) is 0 Å². The van der Waals surface area contributed by atoms with E-state index in [0.717, 1.165) is 5.75 Å². The molecule has 0 aromatic carbocycles. The van der Waals surface area contributed by atoms with Crippen LogP contribution in [0.2, 0.25) is 0 Å². The van der Waals surface area contributed by atoms with Crippen molar-refractivity contribution in [3.05, 3.63) is 0 Å². The largest absolute Gasteiger partial charge is 0.389 e. The Bertz CT molecular complexity index is 365. The second-order valence-corrected chi connectivity index (χ2v) is 8.33. The summed E-state index contributed by atoms with van der Waals surface area (Å²) in [6.45, 7) is 6.00. The molecule has 0 aromatic rings. The minimum Gasteiger partial charge on any atom is -0.389 e. The van der Waals surface area contributed by atoms with Crippen molar-refractivity contribution >= 4 is 11.8 Å². The number of hydrogen-bond donors (Lipinski definition) is 1. The smallest absolute Gasteiger partial charge is 0.186 e. The number of methoxy groups -OCH3 is 1. The van der Waals surface area contributed by atoms with Gasteiger partial charge in [-0.15, -0.1) is 0 Å². The summed E-state index contributed by atoms with van der Waals surface area (Å²) in [6.07, 6.45) is 5.82. The maximum Gasteiger partial charge on any atom is 0.186 e. The van der Waals surface area contributed by atoms with Gasteiger partial charge in [-0.2, -0.15) is 11.8 Å². The maximum atomic E-state index is 10.5. The molecular weight excluding hydrogens is 328 g/mol. The second-order valence-electron chi connectivity index (χ2n) is 7.18. The lowest BCUT2D eigenvalue weighted by molar-refractivity contribution is -0.235. The number of aliphatic hydroxyl groups is 1. The maximum absolute atomic E-state index is 10.5.